The molecule has 24 heavy (non-hydrogen) atoms. The van der Waals surface area contributed by atoms with Crippen molar-refractivity contribution >= 4 is 0 Å². The van der Waals surface area contributed by atoms with Crippen molar-refractivity contribution in [3.63, 3.8) is 0 Å². The molecule has 0 bridgehead atoms. The van der Waals surface area contributed by atoms with Crippen molar-refractivity contribution < 1.29 is 9.84 Å². The number of nitrogens with one attached hydrogen (secondary N) is 1. The zero-order chi connectivity index (χ0) is 16.8. The topological polar surface area (TPSA) is 59.3 Å². The maximum Gasteiger partial charge on any atom is 0.126 e. The van der Waals surface area contributed by atoms with Crippen molar-refractivity contribution in [2.75, 3.05) is 6.54 Å². The first-order valence-electron chi connectivity index (χ1n) is 8.83. The standard InChI is InChI=1S/C19H27N3O2/c1-15-6-2-3-8-17(15)24-18-9-4-7-16(19(18)23)21-10-5-12-22-13-11-20-14-22/h2-3,6,8,11,13-14,16,18-19,21,23H,4-5,7,9-10,12H2,1H3/t16-,18+,19+/m0/s1. The minimum absolute atomic E-state index is 0.107. The minimum Gasteiger partial charge on any atom is -0.487 e. The molecule has 1 aromatic heterocycles. The lowest BCUT2D eigenvalue weighted by atomic mass is 9.89. The summed E-state index contributed by atoms with van der Waals surface area (Å²) in [5, 5.41) is 14.2. The Hall–Kier alpha value is -1.85. The van der Waals surface area contributed by atoms with Gasteiger partial charge in [-0.25, -0.2) is 4.98 Å². The molecule has 1 aliphatic rings. The zero-order valence-electron chi connectivity index (χ0n) is 14.3. The van der Waals surface area contributed by atoms with E-state index in [0.717, 1.165) is 50.1 Å². The van der Waals surface area contributed by atoms with Gasteiger partial charge in [-0.15, -0.1) is 0 Å². The number of ether oxygens (including phenoxy) is 1. The maximum atomic E-state index is 10.7. The van der Waals surface area contributed by atoms with Crippen LogP contribution in [0.25, 0.3) is 0 Å². The average molecular weight is 329 g/mol. The Morgan fingerprint density at radius 2 is 2.21 bits per heavy atom. The molecule has 1 heterocycles. The van der Waals surface area contributed by atoms with Gasteiger partial charge in [-0.05, 0) is 50.8 Å². The lowest BCUT2D eigenvalue weighted by Gasteiger charge is -2.35. The van der Waals surface area contributed by atoms with Gasteiger partial charge in [0.2, 0.25) is 0 Å². The molecular weight excluding hydrogens is 302 g/mol. The second-order valence-corrected chi connectivity index (χ2v) is 6.56. The molecule has 0 radical (unpaired) electrons. The van der Waals surface area contributed by atoms with Crippen LogP contribution in [0.15, 0.2) is 43.0 Å². The molecule has 0 aliphatic heterocycles. The average Bonchev–Trinajstić information content (AvgIpc) is 3.10. The van der Waals surface area contributed by atoms with Crippen LogP contribution in [0, 0.1) is 6.92 Å². The first-order valence-corrected chi connectivity index (χ1v) is 8.83. The molecule has 0 amide bonds. The fourth-order valence-corrected chi connectivity index (χ4v) is 3.31. The normalized spacial score (nSPS) is 24.0. The number of imidazole rings is 1. The molecule has 0 saturated heterocycles. The number of aliphatic hydroxyl groups is 1. The van der Waals surface area contributed by atoms with E-state index in [1.165, 1.54) is 0 Å². The maximum absolute atomic E-state index is 10.7. The number of para-hydroxylation sites is 1. The van der Waals surface area contributed by atoms with E-state index in [1.54, 1.807) is 6.20 Å². The molecule has 1 fully saturated rings. The quantitative estimate of drug-likeness (QED) is 0.767. The van der Waals surface area contributed by atoms with Crippen molar-refractivity contribution in [3.05, 3.63) is 48.5 Å². The van der Waals surface area contributed by atoms with E-state index in [4.69, 9.17) is 4.74 Å². The number of aromatic nitrogens is 2. The smallest absolute Gasteiger partial charge is 0.126 e. The van der Waals surface area contributed by atoms with Crippen LogP contribution in [0.1, 0.15) is 31.2 Å². The van der Waals surface area contributed by atoms with Gasteiger partial charge in [0.05, 0.1) is 6.33 Å². The minimum atomic E-state index is -0.466. The van der Waals surface area contributed by atoms with Crippen LogP contribution < -0.4 is 10.1 Å². The highest BCUT2D eigenvalue weighted by atomic mass is 16.5. The van der Waals surface area contributed by atoms with Gasteiger partial charge in [-0.3, -0.25) is 0 Å². The predicted octanol–water partition coefficient (Wildman–Crippen LogP) is 2.53. The Bertz CT molecular complexity index is 615. The summed E-state index contributed by atoms with van der Waals surface area (Å²) in [6.07, 6.45) is 9.00. The summed E-state index contributed by atoms with van der Waals surface area (Å²) in [6.45, 7) is 3.87. The van der Waals surface area contributed by atoms with Crippen LogP contribution in [-0.4, -0.2) is 39.5 Å². The summed E-state index contributed by atoms with van der Waals surface area (Å²) in [7, 11) is 0. The summed E-state index contributed by atoms with van der Waals surface area (Å²) in [4.78, 5) is 4.05. The Morgan fingerprint density at radius 1 is 1.33 bits per heavy atom. The van der Waals surface area contributed by atoms with Crippen molar-refractivity contribution in [1.82, 2.24) is 14.9 Å². The summed E-state index contributed by atoms with van der Waals surface area (Å²) in [5.41, 5.74) is 1.11. The van der Waals surface area contributed by atoms with Gasteiger partial charge in [-0.2, -0.15) is 0 Å². The molecule has 1 aromatic carbocycles. The number of nitrogens with zero attached hydrogens (tertiary/aromatic N) is 2. The summed E-state index contributed by atoms with van der Waals surface area (Å²) < 4.78 is 8.16. The molecule has 2 N–H and O–H groups in total. The third-order valence-corrected chi connectivity index (χ3v) is 4.73. The Balaban J connectivity index is 1.47. The SMILES string of the molecule is Cc1ccccc1O[C@@H]1CCC[C@H](NCCCn2ccnc2)[C@H]1O. The number of hydrogen-bond donors (Lipinski definition) is 2. The molecule has 3 rings (SSSR count). The number of hydrogen-bond acceptors (Lipinski definition) is 4. The van der Waals surface area contributed by atoms with E-state index in [2.05, 4.69) is 14.9 Å². The third kappa shape index (κ3) is 4.36. The molecule has 5 nitrogen and oxygen atoms in total. The monoisotopic (exact) mass is 329 g/mol. The Kier molecular flexibility index (Phi) is 5.88. The van der Waals surface area contributed by atoms with E-state index in [-0.39, 0.29) is 12.1 Å². The number of aryl methyl sites for hydroxylation is 2. The molecule has 1 aliphatic carbocycles. The largest absolute Gasteiger partial charge is 0.487 e. The van der Waals surface area contributed by atoms with E-state index < -0.39 is 6.10 Å². The lowest BCUT2D eigenvalue weighted by molar-refractivity contribution is -0.0155. The van der Waals surface area contributed by atoms with Gasteiger partial charge in [0.25, 0.3) is 0 Å². The van der Waals surface area contributed by atoms with Crippen LogP contribution in [-0.2, 0) is 6.54 Å². The Labute approximate surface area is 143 Å². The second-order valence-electron chi connectivity index (χ2n) is 6.56. The number of benzene rings is 1. The molecule has 5 heteroatoms. The summed E-state index contributed by atoms with van der Waals surface area (Å²) in [6, 6.07) is 8.10. The Morgan fingerprint density at radius 3 is 3.00 bits per heavy atom. The molecule has 130 valence electrons. The van der Waals surface area contributed by atoms with Crippen LogP contribution in [0.4, 0.5) is 0 Å². The first-order chi connectivity index (χ1) is 11.7. The van der Waals surface area contributed by atoms with E-state index in [1.807, 2.05) is 43.7 Å². The van der Waals surface area contributed by atoms with Gasteiger partial charge >= 0.3 is 0 Å². The molecule has 0 unspecified atom stereocenters. The van der Waals surface area contributed by atoms with Crippen LogP contribution in [0.5, 0.6) is 5.75 Å². The third-order valence-electron chi connectivity index (χ3n) is 4.73. The van der Waals surface area contributed by atoms with Gasteiger partial charge < -0.3 is 19.7 Å². The highest BCUT2D eigenvalue weighted by Gasteiger charge is 2.33. The fraction of sp³-hybridized carbons (Fsp3) is 0.526. The van der Waals surface area contributed by atoms with Crippen molar-refractivity contribution in [1.29, 1.82) is 0 Å². The van der Waals surface area contributed by atoms with Crippen molar-refractivity contribution in [3.8, 4) is 5.75 Å². The molecule has 1 saturated carbocycles. The molecular formula is C19H27N3O2. The molecule has 3 atom stereocenters. The van der Waals surface area contributed by atoms with E-state index in [9.17, 15) is 5.11 Å². The van der Waals surface area contributed by atoms with Gasteiger partial charge in [-0.1, -0.05) is 18.2 Å². The van der Waals surface area contributed by atoms with Gasteiger partial charge in [0.15, 0.2) is 0 Å². The van der Waals surface area contributed by atoms with E-state index in [0.29, 0.717) is 0 Å². The van der Waals surface area contributed by atoms with Gasteiger partial charge in [0.1, 0.15) is 18.0 Å². The summed E-state index contributed by atoms with van der Waals surface area (Å²) >= 11 is 0. The van der Waals surface area contributed by atoms with Crippen molar-refractivity contribution in [2.45, 2.75) is 57.4 Å². The van der Waals surface area contributed by atoms with Crippen LogP contribution >= 0.6 is 0 Å². The fourth-order valence-electron chi connectivity index (χ4n) is 3.31. The molecule has 2 aromatic rings. The number of aliphatic hydroxyl groups excluding tert-OH is 1. The second kappa shape index (κ2) is 8.31. The highest BCUT2D eigenvalue weighted by molar-refractivity contribution is 5.32. The van der Waals surface area contributed by atoms with Crippen LogP contribution in [0.3, 0.4) is 0 Å². The van der Waals surface area contributed by atoms with Crippen LogP contribution in [0.2, 0.25) is 0 Å². The lowest BCUT2D eigenvalue weighted by Crippen LogP contribution is -2.51. The van der Waals surface area contributed by atoms with Crippen molar-refractivity contribution in [2.24, 2.45) is 0 Å². The number of rotatable bonds is 7. The van der Waals surface area contributed by atoms with Gasteiger partial charge in [0, 0.05) is 25.0 Å². The predicted molar refractivity (Wildman–Crippen MR) is 94.1 cm³/mol. The highest BCUT2D eigenvalue weighted by Crippen LogP contribution is 2.26. The zero-order valence-corrected chi connectivity index (χ0v) is 14.3. The van der Waals surface area contributed by atoms with E-state index >= 15 is 0 Å². The molecule has 0 spiro atoms. The first kappa shape index (κ1) is 17.0. The summed E-state index contributed by atoms with van der Waals surface area (Å²) in [5.74, 6) is 0.877.